The average Bonchev–Trinajstić information content (AvgIpc) is 2.18. The topological polar surface area (TPSA) is 35.5 Å². The maximum Gasteiger partial charge on any atom is 0.339 e. The van der Waals surface area contributed by atoms with Gasteiger partial charge in [0.2, 0.25) is 0 Å². The first kappa shape index (κ1) is 10.3. The minimum Gasteiger partial charge on any atom is -0.504 e. The van der Waals surface area contributed by atoms with Gasteiger partial charge in [0, 0.05) is 0 Å². The van der Waals surface area contributed by atoms with Crippen LogP contribution < -0.4 is 4.74 Å². The van der Waals surface area contributed by atoms with Crippen molar-refractivity contribution >= 4 is 5.97 Å². The lowest BCUT2D eigenvalue weighted by molar-refractivity contribution is -0.129. The monoisotopic (exact) mass is 192 g/mol. The molecule has 0 N–H and O–H groups in total. The molecule has 0 saturated carbocycles. The van der Waals surface area contributed by atoms with Gasteiger partial charge in [0.25, 0.3) is 0 Å². The van der Waals surface area contributed by atoms with Crippen molar-refractivity contribution in [1.29, 1.82) is 0 Å². The van der Waals surface area contributed by atoms with Crippen molar-refractivity contribution in [2.24, 2.45) is 0 Å². The molecular formula is C11H12O3. The van der Waals surface area contributed by atoms with Gasteiger partial charge in [-0.05, 0) is 19.1 Å². The number of aryl methyl sites for hydroxylation is 1. The number of methoxy groups -OCH3 is 1. The first-order chi connectivity index (χ1) is 6.72. The molecule has 0 aliphatic rings. The van der Waals surface area contributed by atoms with E-state index in [0.29, 0.717) is 5.75 Å². The molecule has 0 aliphatic heterocycles. The number of hydrogen-bond acceptors (Lipinski definition) is 3. The van der Waals surface area contributed by atoms with Crippen molar-refractivity contribution in [3.8, 4) is 5.75 Å². The number of hydrogen-bond donors (Lipinski definition) is 0. The molecule has 0 fully saturated rings. The van der Waals surface area contributed by atoms with E-state index >= 15 is 0 Å². The Bertz CT molecular complexity index is 325. The summed E-state index contributed by atoms with van der Waals surface area (Å²) < 4.78 is 9.55. The van der Waals surface area contributed by atoms with E-state index in [4.69, 9.17) is 4.74 Å². The Morgan fingerprint density at radius 3 is 2.50 bits per heavy atom. The summed E-state index contributed by atoms with van der Waals surface area (Å²) >= 11 is 0. The Morgan fingerprint density at radius 1 is 1.29 bits per heavy atom. The van der Waals surface area contributed by atoms with Crippen LogP contribution in [0.4, 0.5) is 0 Å². The summed E-state index contributed by atoms with van der Waals surface area (Å²) in [6.07, 6.45) is 2.50. The van der Waals surface area contributed by atoms with Gasteiger partial charge in [0.05, 0.1) is 19.4 Å². The molecule has 0 amide bonds. The quantitative estimate of drug-likeness (QED) is 0.318. The average molecular weight is 192 g/mol. The standard InChI is InChI=1S/C11H12O3/c1-9-3-5-10(6-4-9)14-11(12)7-8-13-2/h3-8H,1-2H3. The van der Waals surface area contributed by atoms with Gasteiger partial charge in [0.15, 0.2) is 0 Å². The van der Waals surface area contributed by atoms with Gasteiger partial charge in [0.1, 0.15) is 5.75 Å². The highest BCUT2D eigenvalue weighted by atomic mass is 16.5. The fraction of sp³-hybridized carbons (Fsp3) is 0.182. The summed E-state index contributed by atoms with van der Waals surface area (Å²) in [7, 11) is 1.47. The van der Waals surface area contributed by atoms with Crippen molar-refractivity contribution in [2.75, 3.05) is 7.11 Å². The van der Waals surface area contributed by atoms with Gasteiger partial charge in [-0.1, -0.05) is 17.7 Å². The van der Waals surface area contributed by atoms with Gasteiger partial charge in [-0.15, -0.1) is 0 Å². The molecule has 3 heteroatoms. The number of rotatable bonds is 3. The SMILES string of the molecule is COC=CC(=O)Oc1ccc(C)cc1. The lowest BCUT2D eigenvalue weighted by atomic mass is 10.2. The molecule has 0 saturated heterocycles. The van der Waals surface area contributed by atoms with E-state index in [9.17, 15) is 4.79 Å². The molecule has 0 bridgehead atoms. The van der Waals surface area contributed by atoms with Crippen LogP contribution in [0.3, 0.4) is 0 Å². The Balaban J connectivity index is 2.56. The molecule has 74 valence electrons. The maximum absolute atomic E-state index is 11.1. The predicted molar refractivity (Wildman–Crippen MR) is 53.0 cm³/mol. The Hall–Kier alpha value is -1.77. The molecule has 1 aromatic carbocycles. The van der Waals surface area contributed by atoms with Crippen molar-refractivity contribution in [3.63, 3.8) is 0 Å². The number of carbonyl (C=O) groups excluding carboxylic acids is 1. The van der Waals surface area contributed by atoms with Crippen molar-refractivity contribution in [2.45, 2.75) is 6.92 Å². The number of carbonyl (C=O) groups is 1. The molecule has 0 radical (unpaired) electrons. The number of esters is 1. The summed E-state index contributed by atoms with van der Waals surface area (Å²) in [6, 6.07) is 7.24. The van der Waals surface area contributed by atoms with Crippen LogP contribution in [0, 0.1) is 6.92 Å². The first-order valence-corrected chi connectivity index (χ1v) is 4.20. The van der Waals surface area contributed by atoms with E-state index in [1.807, 2.05) is 19.1 Å². The smallest absolute Gasteiger partial charge is 0.339 e. The predicted octanol–water partition coefficient (Wildman–Crippen LogP) is 2.06. The molecule has 3 nitrogen and oxygen atoms in total. The van der Waals surface area contributed by atoms with Crippen LogP contribution in [-0.4, -0.2) is 13.1 Å². The Morgan fingerprint density at radius 2 is 1.93 bits per heavy atom. The minimum atomic E-state index is -0.448. The third-order valence-corrected chi connectivity index (χ3v) is 1.58. The molecule has 0 atom stereocenters. The van der Waals surface area contributed by atoms with Crippen molar-refractivity contribution in [3.05, 3.63) is 42.2 Å². The fourth-order valence-corrected chi connectivity index (χ4v) is 0.880. The molecule has 1 aromatic rings. The highest BCUT2D eigenvalue weighted by molar-refractivity contribution is 5.83. The lowest BCUT2D eigenvalue weighted by Crippen LogP contribution is -2.03. The molecule has 14 heavy (non-hydrogen) atoms. The largest absolute Gasteiger partial charge is 0.504 e. The summed E-state index contributed by atoms with van der Waals surface area (Å²) in [5.41, 5.74) is 1.12. The van der Waals surface area contributed by atoms with E-state index in [1.54, 1.807) is 12.1 Å². The van der Waals surface area contributed by atoms with Crippen LogP contribution in [0.5, 0.6) is 5.75 Å². The molecule has 0 aliphatic carbocycles. The van der Waals surface area contributed by atoms with E-state index in [0.717, 1.165) is 5.56 Å². The second kappa shape index (κ2) is 5.07. The summed E-state index contributed by atoms with van der Waals surface area (Å²) in [5, 5.41) is 0. The maximum atomic E-state index is 11.1. The third kappa shape index (κ3) is 3.31. The molecule has 0 spiro atoms. The molecule has 0 aromatic heterocycles. The van der Waals surface area contributed by atoms with Crippen molar-refractivity contribution in [1.82, 2.24) is 0 Å². The van der Waals surface area contributed by atoms with Gasteiger partial charge < -0.3 is 9.47 Å². The Labute approximate surface area is 83.0 Å². The van der Waals surface area contributed by atoms with Gasteiger partial charge in [-0.25, -0.2) is 4.79 Å². The first-order valence-electron chi connectivity index (χ1n) is 4.20. The number of benzene rings is 1. The normalized spacial score (nSPS) is 10.1. The second-order valence-corrected chi connectivity index (χ2v) is 2.77. The number of ether oxygens (including phenoxy) is 2. The van der Waals surface area contributed by atoms with Crippen LogP contribution in [-0.2, 0) is 9.53 Å². The Kier molecular flexibility index (Phi) is 3.73. The van der Waals surface area contributed by atoms with Crippen LogP contribution >= 0.6 is 0 Å². The minimum absolute atomic E-state index is 0.448. The molecular weight excluding hydrogens is 180 g/mol. The fourth-order valence-electron chi connectivity index (χ4n) is 0.880. The summed E-state index contributed by atoms with van der Waals surface area (Å²) in [6.45, 7) is 1.97. The van der Waals surface area contributed by atoms with Gasteiger partial charge in [-0.3, -0.25) is 0 Å². The summed E-state index contributed by atoms with van der Waals surface area (Å²) in [5.74, 6) is 0.0806. The zero-order valence-corrected chi connectivity index (χ0v) is 8.19. The zero-order chi connectivity index (χ0) is 10.4. The van der Waals surface area contributed by atoms with Crippen LogP contribution in [0.2, 0.25) is 0 Å². The lowest BCUT2D eigenvalue weighted by Gasteiger charge is -2.00. The van der Waals surface area contributed by atoms with Crippen LogP contribution in [0.1, 0.15) is 5.56 Å². The van der Waals surface area contributed by atoms with Gasteiger partial charge in [-0.2, -0.15) is 0 Å². The van der Waals surface area contributed by atoms with E-state index < -0.39 is 5.97 Å². The summed E-state index contributed by atoms with van der Waals surface area (Å²) in [4.78, 5) is 11.1. The molecule has 1 rings (SSSR count). The van der Waals surface area contributed by atoms with E-state index in [2.05, 4.69) is 4.74 Å². The second-order valence-electron chi connectivity index (χ2n) is 2.77. The van der Waals surface area contributed by atoms with Crippen LogP contribution in [0.25, 0.3) is 0 Å². The molecule has 0 unspecified atom stereocenters. The van der Waals surface area contributed by atoms with E-state index in [-0.39, 0.29) is 0 Å². The zero-order valence-electron chi connectivity index (χ0n) is 8.19. The van der Waals surface area contributed by atoms with E-state index in [1.165, 1.54) is 19.4 Å². The van der Waals surface area contributed by atoms with Gasteiger partial charge >= 0.3 is 5.97 Å². The van der Waals surface area contributed by atoms with Crippen molar-refractivity contribution < 1.29 is 14.3 Å². The third-order valence-electron chi connectivity index (χ3n) is 1.58. The highest BCUT2D eigenvalue weighted by Crippen LogP contribution is 2.11. The van der Waals surface area contributed by atoms with Crippen LogP contribution in [0.15, 0.2) is 36.6 Å². The highest BCUT2D eigenvalue weighted by Gasteiger charge is 1.98. The molecule has 0 heterocycles.